The molecule has 3 rings (SSSR count). The lowest BCUT2D eigenvalue weighted by Gasteiger charge is -2.36. The van der Waals surface area contributed by atoms with Gasteiger partial charge in [0.05, 0.1) is 5.69 Å². The highest BCUT2D eigenvalue weighted by Gasteiger charge is 2.23. The Hall–Kier alpha value is -2.93. The number of nitrogens with one attached hydrogen (secondary N) is 1. The summed E-state index contributed by atoms with van der Waals surface area (Å²) in [5, 5.41) is 2.84. The van der Waals surface area contributed by atoms with Crippen molar-refractivity contribution in [3.05, 3.63) is 59.4 Å². The van der Waals surface area contributed by atoms with Gasteiger partial charge in [0.2, 0.25) is 5.91 Å². The maximum atomic E-state index is 14.9. The van der Waals surface area contributed by atoms with E-state index in [2.05, 4.69) is 10.2 Å². The van der Waals surface area contributed by atoms with Crippen LogP contribution in [-0.4, -0.2) is 60.9 Å². The Morgan fingerprint density at radius 3 is 2.23 bits per heavy atom. The predicted molar refractivity (Wildman–Crippen MR) is 140 cm³/mol. The van der Waals surface area contributed by atoms with Gasteiger partial charge in [-0.15, -0.1) is 0 Å². The Kier molecular flexibility index (Phi) is 9.66. The van der Waals surface area contributed by atoms with E-state index in [9.17, 15) is 14.0 Å². The minimum Gasteiger partial charge on any atom is -0.367 e. The van der Waals surface area contributed by atoms with Crippen molar-refractivity contribution in [3.63, 3.8) is 0 Å². The summed E-state index contributed by atoms with van der Waals surface area (Å²) in [4.78, 5) is 31.5. The summed E-state index contributed by atoms with van der Waals surface area (Å²) in [5.41, 5.74) is 2.84. The van der Waals surface area contributed by atoms with Gasteiger partial charge in [0.1, 0.15) is 5.82 Å². The number of carbonyl (C=O) groups is 2. The van der Waals surface area contributed by atoms with Crippen LogP contribution in [0.5, 0.6) is 0 Å². The van der Waals surface area contributed by atoms with Gasteiger partial charge < -0.3 is 15.1 Å². The first-order chi connectivity index (χ1) is 16.9. The van der Waals surface area contributed by atoms with Crippen molar-refractivity contribution in [2.24, 2.45) is 5.92 Å². The molecule has 0 aliphatic carbocycles. The van der Waals surface area contributed by atoms with Crippen LogP contribution in [0.3, 0.4) is 0 Å². The maximum absolute atomic E-state index is 14.9. The van der Waals surface area contributed by atoms with Crippen molar-refractivity contribution in [1.82, 2.24) is 9.80 Å². The molecule has 35 heavy (non-hydrogen) atoms. The molecule has 0 unspecified atom stereocenters. The second kappa shape index (κ2) is 12.7. The zero-order chi connectivity index (χ0) is 25.4. The monoisotopic (exact) mass is 482 g/mol. The van der Waals surface area contributed by atoms with Crippen LogP contribution in [0.1, 0.15) is 56.5 Å². The van der Waals surface area contributed by atoms with Gasteiger partial charge in [-0.25, -0.2) is 4.39 Å². The van der Waals surface area contributed by atoms with Crippen LogP contribution in [0, 0.1) is 11.7 Å². The van der Waals surface area contributed by atoms with E-state index >= 15 is 0 Å². The molecule has 2 amide bonds. The van der Waals surface area contributed by atoms with Gasteiger partial charge in [-0.1, -0.05) is 32.0 Å². The zero-order valence-corrected chi connectivity index (χ0v) is 21.5. The Morgan fingerprint density at radius 1 is 0.971 bits per heavy atom. The minimum absolute atomic E-state index is 0.0572. The summed E-state index contributed by atoms with van der Waals surface area (Å²) >= 11 is 0. The number of hydrogen-bond donors (Lipinski definition) is 1. The summed E-state index contributed by atoms with van der Waals surface area (Å²) in [6, 6.07) is 12.8. The van der Waals surface area contributed by atoms with Crippen molar-refractivity contribution >= 4 is 23.2 Å². The average Bonchev–Trinajstić information content (AvgIpc) is 2.86. The highest BCUT2D eigenvalue weighted by molar-refractivity contribution is 5.95. The van der Waals surface area contributed by atoms with Crippen molar-refractivity contribution < 1.29 is 14.0 Å². The van der Waals surface area contributed by atoms with Crippen LogP contribution in [-0.2, 0) is 11.3 Å². The van der Waals surface area contributed by atoms with E-state index < -0.39 is 0 Å². The van der Waals surface area contributed by atoms with Crippen molar-refractivity contribution in [2.75, 3.05) is 49.5 Å². The molecule has 1 aliphatic heterocycles. The molecule has 7 heteroatoms. The standard InChI is InChI=1S/C28H39FN4O2/c1-5-21(6-2)27(34)30-23-13-14-26(25(29)19-23)33-17-15-31(16-18-33)20-22-11-9-10-12-24(22)28(35)32(7-3)8-4/h9-14,19,21H,5-8,15-18,20H2,1-4H3,(H,30,34). The first-order valence-electron chi connectivity index (χ1n) is 12.9. The fourth-order valence-electron chi connectivity index (χ4n) is 4.68. The van der Waals surface area contributed by atoms with Gasteiger partial charge in [-0.3, -0.25) is 14.5 Å². The molecule has 0 atom stereocenters. The Bertz CT molecular complexity index is 996. The quantitative estimate of drug-likeness (QED) is 0.518. The zero-order valence-electron chi connectivity index (χ0n) is 21.5. The number of halogens is 1. The second-order valence-electron chi connectivity index (χ2n) is 9.07. The lowest BCUT2D eigenvalue weighted by atomic mass is 10.0. The van der Waals surface area contributed by atoms with Crippen LogP contribution < -0.4 is 10.2 Å². The molecular formula is C28H39FN4O2. The van der Waals surface area contributed by atoms with E-state index in [0.717, 1.165) is 37.1 Å². The third-order valence-corrected chi connectivity index (χ3v) is 6.98. The molecule has 1 aliphatic rings. The summed E-state index contributed by atoms with van der Waals surface area (Å²) in [6.45, 7) is 13.0. The fourth-order valence-corrected chi connectivity index (χ4v) is 4.68. The number of carbonyl (C=O) groups excluding carboxylic acids is 2. The van der Waals surface area contributed by atoms with Crippen LogP contribution in [0.25, 0.3) is 0 Å². The Morgan fingerprint density at radius 2 is 1.63 bits per heavy atom. The van der Waals surface area contributed by atoms with Gasteiger partial charge >= 0.3 is 0 Å². The number of benzene rings is 2. The Labute approximate surface area is 209 Å². The molecule has 0 saturated carbocycles. The van der Waals surface area contributed by atoms with Crippen molar-refractivity contribution in [3.8, 4) is 0 Å². The number of hydrogen-bond acceptors (Lipinski definition) is 4. The minimum atomic E-state index is -0.323. The molecule has 0 aromatic heterocycles. The normalized spacial score (nSPS) is 14.3. The lowest BCUT2D eigenvalue weighted by molar-refractivity contribution is -0.120. The van der Waals surface area contributed by atoms with E-state index in [4.69, 9.17) is 0 Å². The largest absolute Gasteiger partial charge is 0.367 e. The summed E-state index contributed by atoms with van der Waals surface area (Å²) in [5.74, 6) is -0.368. The third kappa shape index (κ3) is 6.60. The first-order valence-corrected chi connectivity index (χ1v) is 12.9. The number of amides is 2. The van der Waals surface area contributed by atoms with Crippen LogP contribution in [0.2, 0.25) is 0 Å². The SMILES string of the molecule is CCC(CC)C(=O)Nc1ccc(N2CCN(Cc3ccccc3C(=O)N(CC)CC)CC2)c(F)c1. The van der Waals surface area contributed by atoms with E-state index in [-0.39, 0.29) is 23.5 Å². The smallest absolute Gasteiger partial charge is 0.254 e. The highest BCUT2D eigenvalue weighted by atomic mass is 19.1. The average molecular weight is 483 g/mol. The molecular weight excluding hydrogens is 443 g/mol. The topological polar surface area (TPSA) is 55.9 Å². The molecule has 6 nitrogen and oxygen atoms in total. The van der Waals surface area contributed by atoms with Gasteiger partial charge in [-0.05, 0) is 56.5 Å². The number of rotatable bonds is 10. The van der Waals surface area contributed by atoms with Crippen LogP contribution in [0.4, 0.5) is 15.8 Å². The van der Waals surface area contributed by atoms with Crippen molar-refractivity contribution in [1.29, 1.82) is 0 Å². The fraction of sp³-hybridized carbons (Fsp3) is 0.500. The molecule has 0 bridgehead atoms. The molecule has 1 N–H and O–H groups in total. The van der Waals surface area contributed by atoms with Gasteiger partial charge in [0.25, 0.3) is 5.91 Å². The molecule has 2 aromatic carbocycles. The van der Waals surface area contributed by atoms with Gasteiger partial charge in [-0.2, -0.15) is 0 Å². The second-order valence-corrected chi connectivity index (χ2v) is 9.07. The number of piperazine rings is 1. The molecule has 0 spiro atoms. The molecule has 0 radical (unpaired) electrons. The third-order valence-electron chi connectivity index (χ3n) is 6.98. The highest BCUT2D eigenvalue weighted by Crippen LogP contribution is 2.25. The number of anilines is 2. The molecule has 1 saturated heterocycles. The first kappa shape index (κ1) is 26.7. The molecule has 1 fully saturated rings. The summed E-state index contributed by atoms with van der Waals surface area (Å²) in [6.07, 6.45) is 1.53. The van der Waals surface area contributed by atoms with E-state index in [1.807, 2.05) is 61.8 Å². The summed E-state index contributed by atoms with van der Waals surface area (Å²) in [7, 11) is 0. The van der Waals surface area contributed by atoms with Crippen LogP contribution in [0.15, 0.2) is 42.5 Å². The van der Waals surface area contributed by atoms with Gasteiger partial charge in [0.15, 0.2) is 0 Å². The van der Waals surface area contributed by atoms with E-state index in [1.165, 1.54) is 6.07 Å². The van der Waals surface area contributed by atoms with E-state index in [0.29, 0.717) is 44.1 Å². The lowest BCUT2D eigenvalue weighted by Crippen LogP contribution is -2.46. The molecule has 2 aromatic rings. The number of nitrogens with zero attached hydrogens (tertiary/aromatic N) is 3. The maximum Gasteiger partial charge on any atom is 0.254 e. The van der Waals surface area contributed by atoms with Gasteiger partial charge in [0, 0.05) is 63.0 Å². The molecule has 1 heterocycles. The Balaban J connectivity index is 1.61. The molecule has 190 valence electrons. The van der Waals surface area contributed by atoms with E-state index in [1.54, 1.807) is 12.1 Å². The summed E-state index contributed by atoms with van der Waals surface area (Å²) < 4.78 is 14.9. The van der Waals surface area contributed by atoms with Crippen molar-refractivity contribution in [2.45, 2.75) is 47.1 Å². The predicted octanol–water partition coefficient (Wildman–Crippen LogP) is 5.00. The van der Waals surface area contributed by atoms with Crippen LogP contribution >= 0.6 is 0 Å².